The van der Waals surface area contributed by atoms with Crippen LogP contribution in [0, 0.1) is 0 Å². The third kappa shape index (κ3) is 52.6. The predicted octanol–water partition coefficient (Wildman–Crippen LogP) is 18.1. The van der Waals surface area contributed by atoms with Crippen LogP contribution in [0.5, 0.6) is 0 Å². The molecule has 0 saturated heterocycles. The van der Waals surface area contributed by atoms with Crippen LogP contribution in [-0.2, 0) is 27.9 Å². The van der Waals surface area contributed by atoms with E-state index in [2.05, 4.69) is 62.5 Å². The Morgan fingerprint density at radius 3 is 1.31 bits per heavy atom. The summed E-state index contributed by atoms with van der Waals surface area (Å²) in [7, 11) is 1.49. The minimum Gasteiger partial charge on any atom is -0.456 e. The molecule has 0 fully saturated rings. The average molecular weight is 1020 g/mol. The average Bonchev–Trinajstić information content (AvgIpc) is 3.33. The predicted molar refractivity (Wildman–Crippen MR) is 305 cm³/mol. The molecule has 0 aliphatic rings. The van der Waals surface area contributed by atoms with Gasteiger partial charge in [-0.3, -0.25) is 18.6 Å². The molecule has 0 aromatic rings. The summed E-state index contributed by atoms with van der Waals surface area (Å²) in [6.07, 6.45) is 62.4. The summed E-state index contributed by atoms with van der Waals surface area (Å²) >= 11 is 0. The number of rotatable bonds is 54. The summed E-state index contributed by atoms with van der Waals surface area (Å²) in [6, 6.07) is -0.850. The van der Waals surface area contributed by atoms with Crippen molar-refractivity contribution in [3.05, 3.63) is 48.6 Å². The topological polar surface area (TPSA) is 111 Å². The highest BCUT2D eigenvalue weighted by Crippen LogP contribution is 2.43. The molecule has 416 valence electrons. The highest BCUT2D eigenvalue weighted by atomic mass is 31.2. The highest BCUT2D eigenvalue weighted by Gasteiger charge is 2.30. The van der Waals surface area contributed by atoms with Crippen molar-refractivity contribution < 1.29 is 37.3 Å². The van der Waals surface area contributed by atoms with Gasteiger partial charge >= 0.3 is 13.8 Å². The second kappa shape index (κ2) is 51.5. The zero-order valence-electron chi connectivity index (χ0n) is 47.5. The van der Waals surface area contributed by atoms with Gasteiger partial charge in [0.15, 0.2) is 0 Å². The number of phosphoric acid groups is 1. The molecule has 0 aromatic heterocycles. The summed E-state index contributed by atoms with van der Waals surface area (Å²) in [5.41, 5.74) is 0. The van der Waals surface area contributed by atoms with Crippen molar-refractivity contribution in [1.29, 1.82) is 0 Å². The third-order valence-electron chi connectivity index (χ3n) is 13.3. The maximum atomic E-state index is 13.5. The molecular weight excluding hydrogens is 904 g/mol. The van der Waals surface area contributed by atoms with Gasteiger partial charge in [0.1, 0.15) is 19.3 Å². The Bertz CT molecular complexity index is 1360. The van der Waals surface area contributed by atoms with E-state index in [4.69, 9.17) is 13.8 Å². The molecular formula is C61H116N2O7P+. The van der Waals surface area contributed by atoms with Gasteiger partial charge in [0, 0.05) is 12.8 Å². The number of hydrogen-bond donors (Lipinski definition) is 2. The first-order valence-corrected chi connectivity index (χ1v) is 31.5. The minimum atomic E-state index is -4.45. The molecule has 3 unspecified atom stereocenters. The van der Waals surface area contributed by atoms with Gasteiger partial charge in [-0.15, -0.1) is 0 Å². The number of quaternary nitrogens is 1. The van der Waals surface area contributed by atoms with Gasteiger partial charge in [-0.2, -0.15) is 0 Å². The molecule has 0 radical (unpaired) electrons. The lowest BCUT2D eigenvalue weighted by Crippen LogP contribution is -2.47. The second-order valence-corrected chi connectivity index (χ2v) is 23.0. The molecule has 0 aliphatic carbocycles. The maximum Gasteiger partial charge on any atom is 0.472 e. The summed E-state index contributed by atoms with van der Waals surface area (Å²) in [5, 5.41) is 3.05. The van der Waals surface area contributed by atoms with Gasteiger partial charge in [0.2, 0.25) is 5.91 Å². The van der Waals surface area contributed by atoms with Crippen LogP contribution < -0.4 is 5.32 Å². The number of phosphoric ester groups is 1. The van der Waals surface area contributed by atoms with E-state index >= 15 is 0 Å². The van der Waals surface area contributed by atoms with Crippen molar-refractivity contribution in [3.63, 3.8) is 0 Å². The molecule has 0 rings (SSSR count). The number of ether oxygens (including phenoxy) is 1. The van der Waals surface area contributed by atoms with Crippen LogP contribution in [0.2, 0.25) is 0 Å². The molecule has 0 heterocycles. The molecule has 3 atom stereocenters. The Balaban J connectivity index is 5.33. The van der Waals surface area contributed by atoms with Gasteiger partial charge in [-0.1, -0.05) is 243 Å². The maximum absolute atomic E-state index is 13.5. The fraction of sp³-hybridized carbons (Fsp3) is 0.836. The Labute approximate surface area is 439 Å². The van der Waals surface area contributed by atoms with E-state index in [1.807, 2.05) is 33.3 Å². The van der Waals surface area contributed by atoms with E-state index < -0.39 is 20.0 Å². The number of esters is 1. The van der Waals surface area contributed by atoms with Crippen molar-refractivity contribution in [2.45, 2.75) is 290 Å². The lowest BCUT2D eigenvalue weighted by molar-refractivity contribution is -0.870. The zero-order valence-corrected chi connectivity index (χ0v) is 48.4. The van der Waals surface area contributed by atoms with E-state index in [-0.39, 0.29) is 31.5 Å². The Morgan fingerprint density at radius 1 is 0.493 bits per heavy atom. The molecule has 0 bridgehead atoms. The van der Waals surface area contributed by atoms with E-state index in [1.165, 1.54) is 161 Å². The van der Waals surface area contributed by atoms with Crippen molar-refractivity contribution in [3.8, 4) is 0 Å². The number of nitrogens with zero attached hydrogens (tertiary/aromatic N) is 1. The minimum absolute atomic E-state index is 0.0389. The number of likely N-dealkylation sites (N-methyl/N-ethyl adjacent to an activating group) is 1. The normalized spacial score (nSPS) is 14.1. The van der Waals surface area contributed by atoms with Gasteiger partial charge in [-0.25, -0.2) is 4.57 Å². The van der Waals surface area contributed by atoms with Crippen LogP contribution >= 0.6 is 7.82 Å². The Morgan fingerprint density at radius 2 is 0.859 bits per heavy atom. The van der Waals surface area contributed by atoms with Crippen LogP contribution in [0.25, 0.3) is 0 Å². The van der Waals surface area contributed by atoms with Crippen LogP contribution in [0.1, 0.15) is 278 Å². The quantitative estimate of drug-likeness (QED) is 0.0205. The van der Waals surface area contributed by atoms with E-state index in [9.17, 15) is 19.0 Å². The fourth-order valence-corrected chi connectivity index (χ4v) is 9.33. The van der Waals surface area contributed by atoms with Gasteiger partial charge < -0.3 is 19.4 Å². The number of hydrogen-bond acceptors (Lipinski definition) is 6. The van der Waals surface area contributed by atoms with Crippen LogP contribution in [0.15, 0.2) is 48.6 Å². The summed E-state index contributed by atoms with van der Waals surface area (Å²) < 4.78 is 30.6. The number of carbonyl (C=O) groups is 2. The van der Waals surface area contributed by atoms with Gasteiger partial charge in [-0.05, 0) is 70.3 Å². The molecule has 0 aliphatic heterocycles. The SMILES string of the molecule is CCCCC/C=C\C/C=C\C/C=C\CCCCCCCCC(=O)OC(/C=C/CCCCCCCCCCCCC)C(COP(=O)(O)OCC[N+](C)(C)C)NC(=O)CCCCCCCCCCCCCCC. The number of nitrogens with one attached hydrogen (secondary N) is 1. The molecule has 71 heavy (non-hydrogen) atoms. The van der Waals surface area contributed by atoms with Crippen LogP contribution in [0.4, 0.5) is 0 Å². The molecule has 2 N–H and O–H groups in total. The van der Waals surface area contributed by atoms with Crippen molar-refractivity contribution in [2.75, 3.05) is 40.9 Å². The van der Waals surface area contributed by atoms with Crippen molar-refractivity contribution >= 4 is 19.7 Å². The smallest absolute Gasteiger partial charge is 0.456 e. The summed E-state index contributed by atoms with van der Waals surface area (Å²) in [4.78, 5) is 37.6. The molecule has 0 aromatic carbocycles. The van der Waals surface area contributed by atoms with Crippen LogP contribution in [-0.4, -0.2) is 74.3 Å². The van der Waals surface area contributed by atoms with E-state index in [1.54, 1.807) is 0 Å². The zero-order chi connectivity index (χ0) is 52.2. The standard InChI is InChI=1S/C61H115N2O7P/c1-7-10-13-16-19-22-25-28-29-30-31-32-33-36-39-42-45-48-51-54-61(65)70-59(52-49-46-43-40-37-34-26-23-20-17-14-11-8-2)58(57-69-71(66,67)68-56-55-63(4,5)6)62-60(64)53-50-47-44-41-38-35-27-24-21-18-15-12-9-3/h19,22,28-29,31-32,49,52,58-59H,7-18,20-21,23-27,30,33-48,50-51,53-57H2,1-6H3,(H-,62,64,66,67)/p+1/b22-19-,29-28-,32-31-,52-49+. The lowest BCUT2D eigenvalue weighted by Gasteiger charge is -2.27. The van der Waals surface area contributed by atoms with Gasteiger partial charge in [0.05, 0.1) is 33.8 Å². The Kier molecular flexibility index (Phi) is 50.0. The third-order valence-corrected chi connectivity index (χ3v) is 14.3. The van der Waals surface area contributed by atoms with Gasteiger partial charge in [0.25, 0.3) is 0 Å². The number of allylic oxidation sites excluding steroid dienone is 7. The largest absolute Gasteiger partial charge is 0.472 e. The van der Waals surface area contributed by atoms with Crippen molar-refractivity contribution in [2.24, 2.45) is 0 Å². The monoisotopic (exact) mass is 1020 g/mol. The van der Waals surface area contributed by atoms with Crippen LogP contribution in [0.3, 0.4) is 0 Å². The number of carbonyl (C=O) groups excluding carboxylic acids is 2. The summed E-state index contributed by atoms with van der Waals surface area (Å²) in [6.45, 7) is 6.99. The lowest BCUT2D eigenvalue weighted by atomic mass is 10.0. The molecule has 0 saturated carbocycles. The van der Waals surface area contributed by atoms with E-state index in [0.29, 0.717) is 17.4 Å². The molecule has 9 nitrogen and oxygen atoms in total. The number of amides is 1. The molecule has 0 spiro atoms. The second-order valence-electron chi connectivity index (χ2n) is 21.5. The Hall–Kier alpha value is -2.03. The van der Waals surface area contributed by atoms with Crippen molar-refractivity contribution in [1.82, 2.24) is 5.32 Å². The number of unbranched alkanes of at least 4 members (excludes halogenated alkanes) is 32. The first kappa shape index (κ1) is 69.0. The summed E-state index contributed by atoms with van der Waals surface area (Å²) in [5.74, 6) is -0.511. The first-order valence-electron chi connectivity index (χ1n) is 30.0. The highest BCUT2D eigenvalue weighted by molar-refractivity contribution is 7.47. The van der Waals surface area contributed by atoms with E-state index in [0.717, 1.165) is 83.5 Å². The fourth-order valence-electron chi connectivity index (χ4n) is 8.59. The first-order chi connectivity index (χ1) is 34.4. The molecule has 1 amide bonds. The molecule has 10 heteroatoms.